The molecule has 0 saturated heterocycles. The van der Waals surface area contributed by atoms with Crippen molar-refractivity contribution < 1.29 is 9.53 Å². The molecule has 0 unspecified atom stereocenters. The summed E-state index contributed by atoms with van der Waals surface area (Å²) >= 11 is 0. The fourth-order valence-electron chi connectivity index (χ4n) is 2.75. The summed E-state index contributed by atoms with van der Waals surface area (Å²) in [6.07, 6.45) is 1.54. The second kappa shape index (κ2) is 7.44. The lowest BCUT2D eigenvalue weighted by atomic mass is 9.83. The number of ether oxygens (including phenoxy) is 1. The molecule has 0 fully saturated rings. The summed E-state index contributed by atoms with van der Waals surface area (Å²) in [7, 11) is 3.10. The molecule has 6 nitrogen and oxygen atoms in total. The maximum Gasteiger partial charge on any atom is 0.255 e. The number of pyridine rings is 1. The zero-order valence-electron chi connectivity index (χ0n) is 15.7. The molecule has 0 spiro atoms. The smallest absolute Gasteiger partial charge is 0.255 e. The van der Waals surface area contributed by atoms with Crippen molar-refractivity contribution in [2.75, 3.05) is 20.7 Å². The summed E-state index contributed by atoms with van der Waals surface area (Å²) in [4.78, 5) is 29.2. The maximum absolute atomic E-state index is 12.9. The minimum atomic E-state index is -0.344. The molecule has 26 heavy (non-hydrogen) atoms. The van der Waals surface area contributed by atoms with Gasteiger partial charge in [0.15, 0.2) is 0 Å². The van der Waals surface area contributed by atoms with E-state index in [1.807, 2.05) is 32.9 Å². The number of H-pyrrole nitrogens is 1. The molecular formula is C20H23N3O3. The Hall–Kier alpha value is -3.07. The van der Waals surface area contributed by atoms with Gasteiger partial charge in [0.1, 0.15) is 12.3 Å². The molecule has 2 aromatic rings. The third-order valence-electron chi connectivity index (χ3n) is 4.14. The summed E-state index contributed by atoms with van der Waals surface area (Å²) < 4.78 is 5.50. The van der Waals surface area contributed by atoms with E-state index in [0.717, 1.165) is 5.56 Å². The van der Waals surface area contributed by atoms with E-state index in [-0.39, 0.29) is 23.4 Å². The number of carbonyl (C=O) groups is 1. The van der Waals surface area contributed by atoms with Crippen molar-refractivity contribution in [3.05, 3.63) is 51.9 Å². The number of amides is 1. The van der Waals surface area contributed by atoms with Gasteiger partial charge in [-0.3, -0.25) is 9.59 Å². The van der Waals surface area contributed by atoms with Crippen LogP contribution in [0.15, 0.2) is 35.3 Å². The number of hydrogen-bond donors (Lipinski definition) is 1. The van der Waals surface area contributed by atoms with Crippen LogP contribution in [0.25, 0.3) is 11.1 Å². The largest absolute Gasteiger partial charge is 0.496 e. The Morgan fingerprint density at radius 2 is 2.00 bits per heavy atom. The summed E-state index contributed by atoms with van der Waals surface area (Å²) in [5.74, 6) is 0.228. The third-order valence-corrected chi connectivity index (χ3v) is 4.14. The van der Waals surface area contributed by atoms with Gasteiger partial charge in [0.05, 0.1) is 18.7 Å². The van der Waals surface area contributed by atoms with Crippen LogP contribution < -0.4 is 10.3 Å². The standard InChI is InChI=1S/C20H23N3O3/c1-20(2,3)16-11-14(13-7-6-9-22-18(13)24)15(12-17(16)26-5)19(25)23(4)10-8-21/h6-7,9,11-12H,10H2,1-5H3,(H,22,24). The van der Waals surface area contributed by atoms with Crippen LogP contribution in [-0.2, 0) is 5.41 Å². The Balaban J connectivity index is 2.81. The number of carbonyl (C=O) groups excluding carboxylic acids is 1. The van der Waals surface area contributed by atoms with Crippen molar-refractivity contribution >= 4 is 5.91 Å². The molecule has 6 heteroatoms. The number of aromatic amines is 1. The molecule has 0 radical (unpaired) electrons. The number of benzene rings is 1. The summed E-state index contributed by atoms with van der Waals surface area (Å²) in [5.41, 5.74) is 1.60. The van der Waals surface area contributed by atoms with Gasteiger partial charge in [-0.2, -0.15) is 5.26 Å². The zero-order chi connectivity index (χ0) is 19.5. The van der Waals surface area contributed by atoms with Crippen molar-refractivity contribution in [3.8, 4) is 22.9 Å². The molecule has 1 aromatic carbocycles. The second-order valence-corrected chi connectivity index (χ2v) is 7.08. The maximum atomic E-state index is 12.9. The van der Waals surface area contributed by atoms with Gasteiger partial charge in [-0.1, -0.05) is 20.8 Å². The lowest BCUT2D eigenvalue weighted by Crippen LogP contribution is -2.28. The number of hydrogen-bond acceptors (Lipinski definition) is 4. The number of aromatic nitrogens is 1. The summed E-state index contributed by atoms with van der Waals surface area (Å²) in [6, 6.07) is 8.83. The van der Waals surface area contributed by atoms with Gasteiger partial charge in [-0.05, 0) is 29.7 Å². The molecule has 0 saturated carbocycles. The van der Waals surface area contributed by atoms with Crippen molar-refractivity contribution in [2.24, 2.45) is 0 Å². The number of nitrogens with zero attached hydrogens (tertiary/aromatic N) is 2. The van der Waals surface area contributed by atoms with E-state index in [1.165, 1.54) is 4.90 Å². The number of nitriles is 1. The van der Waals surface area contributed by atoms with Crippen LogP contribution in [0.4, 0.5) is 0 Å². The molecule has 0 bridgehead atoms. The fourth-order valence-corrected chi connectivity index (χ4v) is 2.75. The molecule has 1 N–H and O–H groups in total. The first kappa shape index (κ1) is 19.3. The third kappa shape index (κ3) is 3.77. The van der Waals surface area contributed by atoms with E-state index < -0.39 is 0 Å². The molecule has 136 valence electrons. The highest BCUT2D eigenvalue weighted by atomic mass is 16.5. The lowest BCUT2D eigenvalue weighted by molar-refractivity contribution is 0.0812. The molecule has 1 amide bonds. The normalized spacial score (nSPS) is 10.9. The average molecular weight is 353 g/mol. The van der Waals surface area contributed by atoms with Gasteiger partial charge in [-0.25, -0.2) is 0 Å². The van der Waals surface area contributed by atoms with Gasteiger partial charge in [0.2, 0.25) is 0 Å². The Bertz CT molecular complexity index is 917. The summed E-state index contributed by atoms with van der Waals surface area (Å²) in [6.45, 7) is 6.06. The molecule has 1 heterocycles. The Labute approximate surface area is 153 Å². The van der Waals surface area contributed by atoms with E-state index in [4.69, 9.17) is 10.00 Å². The minimum absolute atomic E-state index is 0.0489. The Morgan fingerprint density at radius 1 is 1.31 bits per heavy atom. The molecular weight excluding hydrogens is 330 g/mol. The molecule has 1 aromatic heterocycles. The number of nitrogens with one attached hydrogen (secondary N) is 1. The SMILES string of the molecule is COc1cc(C(=O)N(C)CC#N)c(-c2ccc[nH]c2=O)cc1C(C)(C)C. The van der Waals surface area contributed by atoms with Gasteiger partial charge in [0, 0.05) is 29.9 Å². The highest BCUT2D eigenvalue weighted by molar-refractivity contribution is 6.01. The van der Waals surface area contributed by atoms with Crippen LogP contribution in [0.1, 0.15) is 36.7 Å². The lowest BCUT2D eigenvalue weighted by Gasteiger charge is -2.25. The molecule has 0 atom stereocenters. The predicted octanol–water partition coefficient (Wildman–Crippen LogP) is 2.94. The van der Waals surface area contributed by atoms with Gasteiger partial charge >= 0.3 is 0 Å². The Kier molecular flexibility index (Phi) is 5.51. The highest BCUT2D eigenvalue weighted by Crippen LogP contribution is 2.37. The highest BCUT2D eigenvalue weighted by Gasteiger charge is 2.26. The van der Waals surface area contributed by atoms with Crippen LogP contribution in [0.5, 0.6) is 5.75 Å². The van der Waals surface area contributed by atoms with Gasteiger partial charge in [0.25, 0.3) is 11.5 Å². The quantitative estimate of drug-likeness (QED) is 0.856. The second-order valence-electron chi connectivity index (χ2n) is 7.08. The van der Waals surface area contributed by atoms with Crippen molar-refractivity contribution in [1.82, 2.24) is 9.88 Å². The van der Waals surface area contributed by atoms with Crippen LogP contribution in [0, 0.1) is 11.3 Å². The van der Waals surface area contributed by atoms with Crippen molar-refractivity contribution in [3.63, 3.8) is 0 Å². The first-order valence-electron chi connectivity index (χ1n) is 8.23. The van der Waals surface area contributed by atoms with Crippen molar-refractivity contribution in [1.29, 1.82) is 5.26 Å². The van der Waals surface area contributed by atoms with Gasteiger partial charge in [-0.15, -0.1) is 0 Å². The van der Waals surface area contributed by atoms with E-state index in [2.05, 4.69) is 4.98 Å². The molecule has 0 aliphatic carbocycles. The molecule has 0 aliphatic rings. The fraction of sp³-hybridized carbons (Fsp3) is 0.350. The van der Waals surface area contributed by atoms with E-state index in [0.29, 0.717) is 22.4 Å². The topological polar surface area (TPSA) is 86.2 Å². The first-order valence-corrected chi connectivity index (χ1v) is 8.23. The number of rotatable bonds is 4. The average Bonchev–Trinajstić information content (AvgIpc) is 2.60. The van der Waals surface area contributed by atoms with Crippen molar-refractivity contribution in [2.45, 2.75) is 26.2 Å². The molecule has 0 aliphatic heterocycles. The zero-order valence-corrected chi connectivity index (χ0v) is 15.7. The van der Waals surface area contributed by atoms with Crippen LogP contribution in [0.3, 0.4) is 0 Å². The van der Waals surface area contributed by atoms with Crippen LogP contribution >= 0.6 is 0 Å². The minimum Gasteiger partial charge on any atom is -0.496 e. The monoisotopic (exact) mass is 353 g/mol. The van der Waals surface area contributed by atoms with Crippen LogP contribution in [-0.4, -0.2) is 36.5 Å². The predicted molar refractivity (Wildman–Crippen MR) is 100 cm³/mol. The van der Waals surface area contributed by atoms with E-state index in [9.17, 15) is 9.59 Å². The Morgan fingerprint density at radius 3 is 2.54 bits per heavy atom. The van der Waals surface area contributed by atoms with E-state index >= 15 is 0 Å². The number of methoxy groups -OCH3 is 1. The first-order chi connectivity index (χ1) is 12.2. The summed E-state index contributed by atoms with van der Waals surface area (Å²) in [5, 5.41) is 8.89. The van der Waals surface area contributed by atoms with Crippen LogP contribution in [0.2, 0.25) is 0 Å². The van der Waals surface area contributed by atoms with E-state index in [1.54, 1.807) is 38.6 Å². The van der Waals surface area contributed by atoms with Gasteiger partial charge < -0.3 is 14.6 Å². The molecule has 2 rings (SSSR count).